The van der Waals surface area contributed by atoms with E-state index in [2.05, 4.69) is 22.9 Å². The largest absolute Gasteiger partial charge is 0.494 e. The fourth-order valence-corrected chi connectivity index (χ4v) is 2.67. The highest BCUT2D eigenvalue weighted by molar-refractivity contribution is 9.10. The van der Waals surface area contributed by atoms with E-state index in [4.69, 9.17) is 4.74 Å². The number of ketones is 1. The van der Waals surface area contributed by atoms with E-state index in [0.29, 0.717) is 12.2 Å². The molecule has 2 rings (SSSR count). The van der Waals surface area contributed by atoms with Crippen molar-refractivity contribution in [3.63, 3.8) is 0 Å². The summed E-state index contributed by atoms with van der Waals surface area (Å²) >= 11 is 3.46. The van der Waals surface area contributed by atoms with Gasteiger partial charge in [0.05, 0.1) is 6.61 Å². The van der Waals surface area contributed by atoms with Crippen LogP contribution in [0.4, 0.5) is 0 Å². The van der Waals surface area contributed by atoms with Crippen molar-refractivity contribution >= 4 is 21.7 Å². The van der Waals surface area contributed by atoms with Gasteiger partial charge < -0.3 is 4.74 Å². The van der Waals surface area contributed by atoms with Crippen molar-refractivity contribution in [3.05, 3.63) is 63.6 Å². The molecule has 0 bridgehead atoms. The van der Waals surface area contributed by atoms with Crippen molar-refractivity contribution < 1.29 is 9.53 Å². The first-order chi connectivity index (χ1) is 9.67. The molecule has 0 unspecified atom stereocenters. The third-order valence-electron chi connectivity index (χ3n) is 3.14. The van der Waals surface area contributed by atoms with Crippen molar-refractivity contribution in [2.75, 3.05) is 6.61 Å². The quantitative estimate of drug-likeness (QED) is 0.745. The van der Waals surface area contributed by atoms with Crippen LogP contribution in [0, 0.1) is 0 Å². The summed E-state index contributed by atoms with van der Waals surface area (Å²) in [4.78, 5) is 12.6. The van der Waals surface area contributed by atoms with Crippen LogP contribution in [-0.4, -0.2) is 12.4 Å². The molecule has 0 saturated heterocycles. The average molecular weight is 333 g/mol. The number of halogens is 1. The first-order valence-electron chi connectivity index (χ1n) is 6.72. The Morgan fingerprint density at radius 2 is 1.85 bits per heavy atom. The minimum atomic E-state index is 0.0392. The van der Waals surface area contributed by atoms with Gasteiger partial charge in [-0.25, -0.2) is 0 Å². The van der Waals surface area contributed by atoms with Gasteiger partial charge in [0.1, 0.15) is 5.75 Å². The number of benzene rings is 2. The lowest BCUT2D eigenvalue weighted by molar-refractivity contribution is 0.103. The summed E-state index contributed by atoms with van der Waals surface area (Å²) in [6, 6.07) is 13.2. The molecule has 0 aliphatic carbocycles. The number of hydrogen-bond acceptors (Lipinski definition) is 2. The number of rotatable bonds is 5. The fourth-order valence-electron chi connectivity index (χ4n) is 2.13. The van der Waals surface area contributed by atoms with Gasteiger partial charge in [-0.1, -0.05) is 31.2 Å². The summed E-state index contributed by atoms with van der Waals surface area (Å²) in [5.41, 5.74) is 2.49. The highest BCUT2D eigenvalue weighted by atomic mass is 79.9. The minimum absolute atomic E-state index is 0.0392. The van der Waals surface area contributed by atoms with E-state index in [1.54, 1.807) is 0 Å². The van der Waals surface area contributed by atoms with Crippen molar-refractivity contribution in [2.24, 2.45) is 0 Å². The van der Waals surface area contributed by atoms with E-state index < -0.39 is 0 Å². The standard InChI is InChI=1S/C17H17BrO2/c1-3-12-7-5-6-8-14(12)17(19)15-10-9-13(20-4-2)11-16(15)18/h5-11H,3-4H2,1-2H3. The van der Waals surface area contributed by atoms with E-state index >= 15 is 0 Å². The summed E-state index contributed by atoms with van der Waals surface area (Å²) in [6.45, 7) is 4.60. The van der Waals surface area contributed by atoms with Crippen LogP contribution in [0.5, 0.6) is 5.75 Å². The molecule has 0 amide bonds. The lowest BCUT2D eigenvalue weighted by Gasteiger charge is -2.10. The second-order valence-electron chi connectivity index (χ2n) is 4.41. The summed E-state index contributed by atoms with van der Waals surface area (Å²) in [7, 11) is 0. The number of ether oxygens (including phenoxy) is 1. The van der Waals surface area contributed by atoms with E-state index in [-0.39, 0.29) is 5.78 Å². The van der Waals surface area contributed by atoms with E-state index in [1.807, 2.05) is 49.4 Å². The molecule has 0 aliphatic rings. The lowest BCUT2D eigenvalue weighted by Crippen LogP contribution is -2.06. The third-order valence-corrected chi connectivity index (χ3v) is 3.80. The molecule has 0 fully saturated rings. The monoisotopic (exact) mass is 332 g/mol. The van der Waals surface area contributed by atoms with Crippen LogP contribution < -0.4 is 4.74 Å². The lowest BCUT2D eigenvalue weighted by atomic mass is 9.97. The van der Waals surface area contributed by atoms with E-state index in [1.165, 1.54) is 0 Å². The predicted octanol–water partition coefficient (Wildman–Crippen LogP) is 4.64. The molecule has 0 radical (unpaired) electrons. The SMILES string of the molecule is CCOc1ccc(C(=O)c2ccccc2CC)c(Br)c1. The molecule has 2 aromatic carbocycles. The predicted molar refractivity (Wildman–Crippen MR) is 84.6 cm³/mol. The number of carbonyl (C=O) groups is 1. The molecule has 20 heavy (non-hydrogen) atoms. The normalized spacial score (nSPS) is 10.3. The average Bonchev–Trinajstić information content (AvgIpc) is 2.47. The summed E-state index contributed by atoms with van der Waals surface area (Å²) in [5.74, 6) is 0.803. The molecule has 0 atom stereocenters. The zero-order valence-corrected chi connectivity index (χ0v) is 13.2. The molecule has 2 nitrogen and oxygen atoms in total. The van der Waals surface area contributed by atoms with Gasteiger partial charge in [-0.3, -0.25) is 4.79 Å². The van der Waals surface area contributed by atoms with Crippen molar-refractivity contribution in [2.45, 2.75) is 20.3 Å². The van der Waals surface area contributed by atoms with Gasteiger partial charge in [-0.15, -0.1) is 0 Å². The van der Waals surface area contributed by atoms with Crippen molar-refractivity contribution in [1.82, 2.24) is 0 Å². The second kappa shape index (κ2) is 6.71. The molecular formula is C17H17BrO2. The Kier molecular flexibility index (Phi) is 4.96. The Morgan fingerprint density at radius 3 is 2.50 bits per heavy atom. The number of hydrogen-bond donors (Lipinski definition) is 0. The Labute approximate surface area is 127 Å². The molecule has 104 valence electrons. The Hall–Kier alpha value is -1.61. The summed E-state index contributed by atoms with van der Waals surface area (Å²) < 4.78 is 6.19. The molecule has 0 spiro atoms. The fraction of sp³-hybridized carbons (Fsp3) is 0.235. The first kappa shape index (κ1) is 14.8. The van der Waals surface area contributed by atoms with Gasteiger partial charge in [0, 0.05) is 15.6 Å². The Balaban J connectivity index is 2.38. The van der Waals surface area contributed by atoms with Crippen LogP contribution in [-0.2, 0) is 6.42 Å². The maximum Gasteiger partial charge on any atom is 0.194 e. The van der Waals surface area contributed by atoms with Crippen LogP contribution in [0.25, 0.3) is 0 Å². The van der Waals surface area contributed by atoms with Gasteiger partial charge in [0.25, 0.3) is 0 Å². The molecule has 0 N–H and O–H groups in total. The van der Waals surface area contributed by atoms with Gasteiger partial charge in [0.2, 0.25) is 0 Å². The van der Waals surface area contributed by atoms with E-state index in [9.17, 15) is 4.79 Å². The van der Waals surface area contributed by atoms with Gasteiger partial charge in [0.15, 0.2) is 5.78 Å². The summed E-state index contributed by atoms with van der Waals surface area (Å²) in [5, 5.41) is 0. The number of carbonyl (C=O) groups excluding carboxylic acids is 1. The molecule has 0 aromatic heterocycles. The third kappa shape index (κ3) is 3.10. The summed E-state index contributed by atoms with van der Waals surface area (Å²) in [6.07, 6.45) is 0.844. The van der Waals surface area contributed by atoms with Crippen molar-refractivity contribution in [3.8, 4) is 5.75 Å². The zero-order chi connectivity index (χ0) is 14.5. The minimum Gasteiger partial charge on any atom is -0.494 e. The molecule has 2 aromatic rings. The maximum atomic E-state index is 12.6. The number of aryl methyl sites for hydroxylation is 1. The molecule has 0 aliphatic heterocycles. The second-order valence-corrected chi connectivity index (χ2v) is 5.27. The van der Waals surface area contributed by atoms with Crippen LogP contribution in [0.2, 0.25) is 0 Å². The van der Waals surface area contributed by atoms with Crippen molar-refractivity contribution in [1.29, 1.82) is 0 Å². The molecule has 0 saturated carbocycles. The van der Waals surface area contributed by atoms with Crippen LogP contribution in [0.15, 0.2) is 46.9 Å². The zero-order valence-electron chi connectivity index (χ0n) is 11.7. The van der Waals surface area contributed by atoms with E-state index in [0.717, 1.165) is 27.8 Å². The molecule has 0 heterocycles. The Bertz CT molecular complexity index is 620. The first-order valence-corrected chi connectivity index (χ1v) is 7.51. The molecule has 3 heteroatoms. The highest BCUT2D eigenvalue weighted by Gasteiger charge is 2.15. The van der Waals surface area contributed by atoms with Gasteiger partial charge in [-0.2, -0.15) is 0 Å². The maximum absolute atomic E-state index is 12.6. The van der Waals surface area contributed by atoms with Crippen LogP contribution in [0.3, 0.4) is 0 Å². The topological polar surface area (TPSA) is 26.3 Å². The smallest absolute Gasteiger partial charge is 0.194 e. The van der Waals surface area contributed by atoms with Crippen LogP contribution in [0.1, 0.15) is 35.3 Å². The van der Waals surface area contributed by atoms with Gasteiger partial charge >= 0.3 is 0 Å². The van der Waals surface area contributed by atoms with Gasteiger partial charge in [-0.05, 0) is 53.0 Å². The van der Waals surface area contributed by atoms with Crippen LogP contribution >= 0.6 is 15.9 Å². The highest BCUT2D eigenvalue weighted by Crippen LogP contribution is 2.26. The Morgan fingerprint density at radius 1 is 1.10 bits per heavy atom. The molecular weight excluding hydrogens is 316 g/mol.